The van der Waals surface area contributed by atoms with Gasteiger partial charge in [-0.25, -0.2) is 4.39 Å². The summed E-state index contributed by atoms with van der Waals surface area (Å²) in [5.41, 5.74) is 1.84. The molecule has 0 heterocycles. The second-order valence-corrected chi connectivity index (χ2v) is 4.87. The predicted molar refractivity (Wildman–Crippen MR) is 77.9 cm³/mol. The fraction of sp³-hybridized carbons (Fsp3) is 0.625. The standard InChI is InChI=1S/C16H26FNO/c1-4-6-10-19-11-9-16(18-5-2)14-7-8-15(17)13(3)12-14/h7-8,12,16,18H,4-6,9-11H2,1-3H3. The van der Waals surface area contributed by atoms with Crippen molar-refractivity contribution in [3.8, 4) is 0 Å². The molecule has 0 aliphatic heterocycles. The first kappa shape index (κ1) is 16.1. The number of halogens is 1. The summed E-state index contributed by atoms with van der Waals surface area (Å²) in [6.07, 6.45) is 3.19. The SMILES string of the molecule is CCCCOCCC(NCC)c1ccc(F)c(C)c1. The van der Waals surface area contributed by atoms with E-state index in [2.05, 4.69) is 19.2 Å². The van der Waals surface area contributed by atoms with Crippen molar-refractivity contribution in [3.05, 3.63) is 35.1 Å². The lowest BCUT2D eigenvalue weighted by molar-refractivity contribution is 0.121. The van der Waals surface area contributed by atoms with Crippen LogP contribution in [0, 0.1) is 12.7 Å². The Kier molecular flexibility index (Phi) is 7.68. The fourth-order valence-corrected chi connectivity index (χ4v) is 2.07. The van der Waals surface area contributed by atoms with Gasteiger partial charge < -0.3 is 10.1 Å². The summed E-state index contributed by atoms with van der Waals surface area (Å²) in [6.45, 7) is 8.52. The van der Waals surface area contributed by atoms with Crippen LogP contribution >= 0.6 is 0 Å². The zero-order valence-corrected chi connectivity index (χ0v) is 12.3. The Morgan fingerprint density at radius 3 is 2.68 bits per heavy atom. The van der Waals surface area contributed by atoms with Gasteiger partial charge in [-0.1, -0.05) is 32.4 Å². The van der Waals surface area contributed by atoms with E-state index in [1.165, 1.54) is 0 Å². The molecule has 1 unspecified atom stereocenters. The molecule has 0 aromatic heterocycles. The average molecular weight is 267 g/mol. The van der Waals surface area contributed by atoms with E-state index in [0.29, 0.717) is 5.56 Å². The van der Waals surface area contributed by atoms with Crippen LogP contribution in [0.2, 0.25) is 0 Å². The molecule has 0 saturated heterocycles. The molecular weight excluding hydrogens is 241 g/mol. The largest absolute Gasteiger partial charge is 0.381 e. The first-order chi connectivity index (χ1) is 9.19. The minimum atomic E-state index is -0.141. The van der Waals surface area contributed by atoms with E-state index in [1.807, 2.05) is 12.1 Å². The third-order valence-corrected chi connectivity index (χ3v) is 3.23. The number of hydrogen-bond donors (Lipinski definition) is 1. The zero-order valence-electron chi connectivity index (χ0n) is 12.3. The number of aryl methyl sites for hydroxylation is 1. The molecule has 0 saturated carbocycles. The van der Waals surface area contributed by atoms with Gasteiger partial charge in [0.1, 0.15) is 5.82 Å². The first-order valence-corrected chi connectivity index (χ1v) is 7.26. The smallest absolute Gasteiger partial charge is 0.126 e. The van der Waals surface area contributed by atoms with E-state index < -0.39 is 0 Å². The van der Waals surface area contributed by atoms with E-state index in [-0.39, 0.29) is 11.9 Å². The molecule has 0 fully saturated rings. The molecule has 108 valence electrons. The Hall–Kier alpha value is -0.930. The van der Waals surface area contributed by atoms with Gasteiger partial charge in [0.2, 0.25) is 0 Å². The minimum Gasteiger partial charge on any atom is -0.381 e. The van der Waals surface area contributed by atoms with Crippen molar-refractivity contribution in [2.45, 2.75) is 46.1 Å². The molecule has 1 aromatic carbocycles. The molecule has 0 amide bonds. The third kappa shape index (κ3) is 5.70. The van der Waals surface area contributed by atoms with Crippen LogP contribution in [0.3, 0.4) is 0 Å². The summed E-state index contributed by atoms with van der Waals surface area (Å²) < 4.78 is 18.9. The summed E-state index contributed by atoms with van der Waals surface area (Å²) in [7, 11) is 0. The van der Waals surface area contributed by atoms with Crippen LogP contribution in [0.1, 0.15) is 50.3 Å². The maximum absolute atomic E-state index is 13.3. The highest BCUT2D eigenvalue weighted by Gasteiger charge is 2.11. The lowest BCUT2D eigenvalue weighted by Crippen LogP contribution is -2.22. The molecule has 3 heteroatoms. The van der Waals surface area contributed by atoms with Crippen LogP contribution in [0.5, 0.6) is 0 Å². The van der Waals surface area contributed by atoms with Crippen molar-refractivity contribution in [1.82, 2.24) is 5.32 Å². The minimum absolute atomic E-state index is 0.141. The summed E-state index contributed by atoms with van der Waals surface area (Å²) in [5.74, 6) is -0.141. The van der Waals surface area contributed by atoms with Crippen molar-refractivity contribution in [3.63, 3.8) is 0 Å². The number of ether oxygens (including phenoxy) is 1. The summed E-state index contributed by atoms with van der Waals surface area (Å²) in [4.78, 5) is 0. The van der Waals surface area contributed by atoms with Crippen LogP contribution in [0.4, 0.5) is 4.39 Å². The third-order valence-electron chi connectivity index (χ3n) is 3.23. The molecule has 0 radical (unpaired) electrons. The van der Waals surface area contributed by atoms with Crippen LogP contribution in [-0.4, -0.2) is 19.8 Å². The molecule has 0 spiro atoms. The van der Waals surface area contributed by atoms with Crippen molar-refractivity contribution >= 4 is 0 Å². The van der Waals surface area contributed by atoms with Gasteiger partial charge in [0.05, 0.1) is 0 Å². The molecule has 1 N–H and O–H groups in total. The lowest BCUT2D eigenvalue weighted by Gasteiger charge is -2.19. The van der Waals surface area contributed by atoms with Gasteiger partial charge >= 0.3 is 0 Å². The van der Waals surface area contributed by atoms with Gasteiger partial charge in [0, 0.05) is 19.3 Å². The zero-order chi connectivity index (χ0) is 14.1. The Balaban J connectivity index is 2.53. The number of rotatable bonds is 9. The van der Waals surface area contributed by atoms with Crippen molar-refractivity contribution in [2.24, 2.45) is 0 Å². The maximum Gasteiger partial charge on any atom is 0.126 e. The second-order valence-electron chi connectivity index (χ2n) is 4.87. The molecule has 0 aliphatic carbocycles. The van der Waals surface area contributed by atoms with Gasteiger partial charge in [-0.15, -0.1) is 0 Å². The highest BCUT2D eigenvalue weighted by molar-refractivity contribution is 5.26. The predicted octanol–water partition coefficient (Wildman–Crippen LogP) is 3.99. The first-order valence-electron chi connectivity index (χ1n) is 7.26. The highest BCUT2D eigenvalue weighted by Crippen LogP contribution is 2.19. The van der Waals surface area contributed by atoms with Gasteiger partial charge in [0.15, 0.2) is 0 Å². The maximum atomic E-state index is 13.3. The molecule has 0 aliphatic rings. The lowest BCUT2D eigenvalue weighted by atomic mass is 10.0. The topological polar surface area (TPSA) is 21.3 Å². The summed E-state index contributed by atoms with van der Waals surface area (Å²) >= 11 is 0. The molecular formula is C16H26FNO. The van der Waals surface area contributed by atoms with E-state index in [4.69, 9.17) is 4.74 Å². The van der Waals surface area contributed by atoms with Gasteiger partial charge in [-0.05, 0) is 43.5 Å². The molecule has 1 aromatic rings. The van der Waals surface area contributed by atoms with Gasteiger partial charge in [-0.3, -0.25) is 0 Å². The van der Waals surface area contributed by atoms with Crippen LogP contribution < -0.4 is 5.32 Å². The van der Waals surface area contributed by atoms with Gasteiger partial charge in [0.25, 0.3) is 0 Å². The average Bonchev–Trinajstić information content (AvgIpc) is 2.40. The van der Waals surface area contributed by atoms with Crippen LogP contribution in [0.25, 0.3) is 0 Å². The van der Waals surface area contributed by atoms with Crippen molar-refractivity contribution in [1.29, 1.82) is 0 Å². The summed E-state index contributed by atoms with van der Waals surface area (Å²) in [5, 5.41) is 3.43. The molecule has 19 heavy (non-hydrogen) atoms. The van der Waals surface area contributed by atoms with E-state index in [9.17, 15) is 4.39 Å². The molecule has 0 bridgehead atoms. The van der Waals surface area contributed by atoms with Crippen molar-refractivity contribution < 1.29 is 9.13 Å². The Labute approximate surface area is 116 Å². The Morgan fingerprint density at radius 2 is 2.05 bits per heavy atom. The van der Waals surface area contributed by atoms with Crippen LogP contribution in [0.15, 0.2) is 18.2 Å². The summed E-state index contributed by atoms with van der Waals surface area (Å²) in [6, 6.07) is 5.58. The molecule has 1 rings (SSSR count). The molecule has 2 nitrogen and oxygen atoms in total. The number of benzene rings is 1. The van der Waals surface area contributed by atoms with E-state index in [1.54, 1.807) is 13.0 Å². The second kappa shape index (κ2) is 9.05. The van der Waals surface area contributed by atoms with E-state index in [0.717, 1.165) is 44.6 Å². The number of unbranched alkanes of at least 4 members (excludes halogenated alkanes) is 1. The number of nitrogens with one attached hydrogen (secondary N) is 1. The van der Waals surface area contributed by atoms with E-state index >= 15 is 0 Å². The normalized spacial score (nSPS) is 12.6. The molecule has 1 atom stereocenters. The Bertz CT molecular complexity index is 368. The van der Waals surface area contributed by atoms with Gasteiger partial charge in [-0.2, -0.15) is 0 Å². The highest BCUT2D eigenvalue weighted by atomic mass is 19.1. The fourth-order valence-electron chi connectivity index (χ4n) is 2.07. The monoisotopic (exact) mass is 267 g/mol. The van der Waals surface area contributed by atoms with Crippen LogP contribution in [-0.2, 0) is 4.74 Å². The number of hydrogen-bond acceptors (Lipinski definition) is 2. The quantitative estimate of drug-likeness (QED) is 0.683. The Morgan fingerprint density at radius 1 is 1.26 bits per heavy atom. The van der Waals surface area contributed by atoms with Crippen molar-refractivity contribution in [2.75, 3.05) is 19.8 Å².